The van der Waals surface area contributed by atoms with E-state index in [1.54, 1.807) is 47.2 Å². The average molecular weight is 575 g/mol. The molecule has 1 aromatic carbocycles. The third-order valence-corrected chi connectivity index (χ3v) is 7.22. The summed E-state index contributed by atoms with van der Waals surface area (Å²) in [6, 6.07) is 11.0. The smallest absolute Gasteiger partial charge is 0.252 e. The van der Waals surface area contributed by atoms with Gasteiger partial charge < -0.3 is 14.0 Å². The van der Waals surface area contributed by atoms with E-state index in [2.05, 4.69) is 11.2 Å². The van der Waals surface area contributed by atoms with Crippen molar-refractivity contribution < 1.29 is 19.1 Å². The molecule has 0 aliphatic heterocycles. The molecular weight excluding hydrogens is 544 g/mol. The number of pyridine rings is 2. The lowest BCUT2D eigenvalue weighted by Crippen LogP contribution is -2.31. The Balaban J connectivity index is 1.70. The largest absolute Gasteiger partial charge is 0.495 e. The van der Waals surface area contributed by atoms with Gasteiger partial charge in [0.05, 0.1) is 48.3 Å². The van der Waals surface area contributed by atoms with E-state index in [-0.39, 0.29) is 31.0 Å². The van der Waals surface area contributed by atoms with Gasteiger partial charge in [0.15, 0.2) is 11.6 Å². The third-order valence-electron chi connectivity index (χ3n) is 6.98. The summed E-state index contributed by atoms with van der Waals surface area (Å²) >= 11 is 6.18. The highest BCUT2D eigenvalue weighted by Gasteiger charge is 2.24. The maximum Gasteiger partial charge on any atom is 0.252 e. The minimum Gasteiger partial charge on any atom is -0.495 e. The number of methoxy groups -OCH3 is 2. The third kappa shape index (κ3) is 6.56. The molecule has 0 radical (unpaired) electrons. The highest BCUT2D eigenvalue weighted by Crippen LogP contribution is 2.33. The molecule has 0 bridgehead atoms. The van der Waals surface area contributed by atoms with Gasteiger partial charge in [-0.15, -0.1) is 0 Å². The van der Waals surface area contributed by atoms with E-state index < -0.39 is 11.6 Å². The molecule has 0 fully saturated rings. The summed E-state index contributed by atoms with van der Waals surface area (Å²) in [6.45, 7) is 2.28. The number of carbonyl (C=O) groups is 2. The van der Waals surface area contributed by atoms with Crippen molar-refractivity contribution in [3.05, 3.63) is 87.1 Å². The summed E-state index contributed by atoms with van der Waals surface area (Å²) in [5, 5.41) is 14.3. The van der Waals surface area contributed by atoms with Crippen molar-refractivity contribution in [1.29, 1.82) is 5.26 Å². The predicted molar refractivity (Wildman–Crippen MR) is 156 cm³/mol. The van der Waals surface area contributed by atoms with Gasteiger partial charge in [-0.25, -0.2) is 4.52 Å². The first-order chi connectivity index (χ1) is 19.8. The van der Waals surface area contributed by atoms with Gasteiger partial charge >= 0.3 is 0 Å². The number of fused-ring (bicyclic) bond motifs is 1. The molecule has 4 rings (SSSR count). The first kappa shape index (κ1) is 29.7. The molecule has 41 heavy (non-hydrogen) atoms. The van der Waals surface area contributed by atoms with Crippen LogP contribution in [0.15, 0.2) is 59.8 Å². The molecule has 0 saturated heterocycles. The fourth-order valence-electron chi connectivity index (χ4n) is 4.81. The molecule has 212 valence electrons. The molecule has 10 heteroatoms. The quantitative estimate of drug-likeness (QED) is 0.195. The molecule has 9 nitrogen and oxygen atoms in total. The SMILES string of the molecule is CCCCC(=O)c1cnn2ccc(CC(=O)C(CCOC)n3cc(OC)c(-c4cc(Cl)ccc4C#N)cc3=O)cc12. The number of benzene rings is 1. The molecule has 0 amide bonds. The Bertz CT molecular complexity index is 1680. The van der Waals surface area contributed by atoms with Crippen molar-refractivity contribution in [2.45, 2.75) is 45.1 Å². The zero-order valence-corrected chi connectivity index (χ0v) is 24.0. The number of carbonyl (C=O) groups excluding carboxylic acids is 2. The zero-order chi connectivity index (χ0) is 29.5. The van der Waals surface area contributed by atoms with Crippen LogP contribution in [0.3, 0.4) is 0 Å². The van der Waals surface area contributed by atoms with Crippen LogP contribution >= 0.6 is 11.6 Å². The Kier molecular flexibility index (Phi) is 9.71. The summed E-state index contributed by atoms with van der Waals surface area (Å²) in [7, 11) is 2.98. The van der Waals surface area contributed by atoms with Crippen LogP contribution in [0.2, 0.25) is 5.02 Å². The number of unbranched alkanes of at least 4 members (excludes halogenated alkanes) is 1. The summed E-state index contributed by atoms with van der Waals surface area (Å²) in [5.41, 5.74) is 2.62. The van der Waals surface area contributed by atoms with Crippen molar-refractivity contribution in [2.24, 2.45) is 0 Å². The standard InChI is InChI=1S/C31H31ClN4O5/c1-4-5-6-28(37)25-18-34-36-11-9-20(13-27(25)36)14-29(38)26(10-12-40-2)35-19-30(41-3)24(16-31(35)39)23-15-22(32)8-7-21(23)17-33/h7-9,11,13,15-16,18-19,26H,4-6,10,12,14H2,1-3H3. The fourth-order valence-corrected chi connectivity index (χ4v) is 4.98. The summed E-state index contributed by atoms with van der Waals surface area (Å²) in [4.78, 5) is 39.8. The van der Waals surface area contributed by atoms with Crippen molar-refractivity contribution in [1.82, 2.24) is 14.2 Å². The monoisotopic (exact) mass is 574 g/mol. The summed E-state index contributed by atoms with van der Waals surface area (Å²) < 4.78 is 13.8. The number of hydrogen-bond donors (Lipinski definition) is 0. The molecular formula is C31H31ClN4O5. The van der Waals surface area contributed by atoms with E-state index in [0.29, 0.717) is 50.5 Å². The normalized spacial score (nSPS) is 11.8. The Labute approximate surface area is 242 Å². The highest BCUT2D eigenvalue weighted by atomic mass is 35.5. The highest BCUT2D eigenvalue weighted by molar-refractivity contribution is 6.31. The Morgan fingerprint density at radius 1 is 1.15 bits per heavy atom. The number of ketones is 2. The molecule has 1 atom stereocenters. The maximum absolute atomic E-state index is 13.7. The van der Waals surface area contributed by atoms with Crippen molar-refractivity contribution in [3.63, 3.8) is 0 Å². The number of nitriles is 1. The second-order valence-electron chi connectivity index (χ2n) is 9.69. The lowest BCUT2D eigenvalue weighted by Gasteiger charge is -2.21. The average Bonchev–Trinajstić information content (AvgIpc) is 3.40. The first-order valence-corrected chi connectivity index (χ1v) is 13.7. The van der Waals surface area contributed by atoms with Crippen LogP contribution in [-0.2, 0) is 16.0 Å². The van der Waals surface area contributed by atoms with Crippen LogP contribution in [0.25, 0.3) is 16.6 Å². The molecule has 0 spiro atoms. The fraction of sp³-hybridized carbons (Fsp3) is 0.323. The molecule has 1 unspecified atom stereocenters. The number of Topliss-reactive ketones (excluding diaryl/α,β-unsaturated/α-hetero) is 2. The van der Waals surface area contributed by atoms with E-state index in [1.807, 2.05) is 6.92 Å². The van der Waals surface area contributed by atoms with Gasteiger partial charge in [-0.3, -0.25) is 14.4 Å². The molecule has 0 saturated carbocycles. The number of rotatable bonds is 13. The van der Waals surface area contributed by atoms with Gasteiger partial charge in [0.25, 0.3) is 5.56 Å². The molecule has 0 N–H and O–H groups in total. The van der Waals surface area contributed by atoms with Crippen LogP contribution in [0, 0.1) is 11.3 Å². The number of ether oxygens (including phenoxy) is 2. The second-order valence-corrected chi connectivity index (χ2v) is 10.1. The molecule has 4 aromatic rings. The van der Waals surface area contributed by atoms with Gasteiger partial charge in [0.2, 0.25) is 0 Å². The van der Waals surface area contributed by atoms with Crippen molar-refractivity contribution >= 4 is 28.7 Å². The van der Waals surface area contributed by atoms with Crippen LogP contribution in [0.4, 0.5) is 0 Å². The lowest BCUT2D eigenvalue weighted by molar-refractivity contribution is -0.122. The number of nitrogens with zero attached hydrogens (tertiary/aromatic N) is 4. The van der Waals surface area contributed by atoms with Crippen molar-refractivity contribution in [2.75, 3.05) is 20.8 Å². The summed E-state index contributed by atoms with van der Waals surface area (Å²) in [6.07, 6.45) is 7.20. The molecule has 3 aromatic heterocycles. The van der Waals surface area contributed by atoms with Gasteiger partial charge in [0, 0.05) is 55.0 Å². The Morgan fingerprint density at radius 3 is 2.66 bits per heavy atom. The van der Waals surface area contributed by atoms with E-state index in [9.17, 15) is 19.6 Å². The van der Waals surface area contributed by atoms with E-state index in [0.717, 1.165) is 12.8 Å². The Hall–Kier alpha value is -4.26. The molecule has 3 heterocycles. The molecule has 0 aliphatic rings. The predicted octanol–water partition coefficient (Wildman–Crippen LogP) is 5.46. The number of halogens is 1. The second kappa shape index (κ2) is 13.4. The van der Waals surface area contributed by atoms with Gasteiger partial charge in [-0.1, -0.05) is 24.9 Å². The van der Waals surface area contributed by atoms with Gasteiger partial charge in [-0.2, -0.15) is 10.4 Å². The van der Waals surface area contributed by atoms with Gasteiger partial charge in [-0.05, 0) is 48.7 Å². The van der Waals surface area contributed by atoms with Crippen LogP contribution in [0.5, 0.6) is 5.75 Å². The van der Waals surface area contributed by atoms with E-state index in [1.165, 1.54) is 31.0 Å². The van der Waals surface area contributed by atoms with E-state index >= 15 is 0 Å². The van der Waals surface area contributed by atoms with E-state index in [4.69, 9.17) is 21.1 Å². The number of hydrogen-bond acceptors (Lipinski definition) is 7. The van der Waals surface area contributed by atoms with Crippen molar-refractivity contribution in [3.8, 4) is 22.9 Å². The lowest BCUT2D eigenvalue weighted by atomic mass is 9.98. The topological polar surface area (TPSA) is 116 Å². The Morgan fingerprint density at radius 2 is 1.95 bits per heavy atom. The first-order valence-electron chi connectivity index (χ1n) is 13.3. The van der Waals surface area contributed by atoms with Crippen LogP contribution < -0.4 is 10.3 Å². The van der Waals surface area contributed by atoms with Crippen LogP contribution in [0.1, 0.15) is 60.1 Å². The maximum atomic E-state index is 13.7. The minimum absolute atomic E-state index is 0.0151. The van der Waals surface area contributed by atoms with Crippen LogP contribution in [-0.4, -0.2) is 46.6 Å². The van der Waals surface area contributed by atoms with Gasteiger partial charge in [0.1, 0.15) is 5.75 Å². The molecule has 0 aliphatic carbocycles. The minimum atomic E-state index is -0.841. The summed E-state index contributed by atoms with van der Waals surface area (Å²) in [5.74, 6) is 0.123. The number of aromatic nitrogens is 3. The zero-order valence-electron chi connectivity index (χ0n) is 23.2.